The molecule has 1 aliphatic carbocycles. The monoisotopic (exact) mass is 345 g/mol. The molecule has 3 N–H and O–H groups in total. The van der Waals surface area contributed by atoms with E-state index in [2.05, 4.69) is 20.2 Å². The van der Waals surface area contributed by atoms with E-state index < -0.39 is 5.91 Å². The van der Waals surface area contributed by atoms with Gasteiger partial charge in [-0.2, -0.15) is 0 Å². The number of carbonyl (C=O) groups excluding carboxylic acids is 2. The van der Waals surface area contributed by atoms with Crippen LogP contribution in [0.25, 0.3) is 0 Å². The molecule has 3 rings (SSSR count). The molecule has 1 aromatic heterocycles. The fourth-order valence-electron chi connectivity index (χ4n) is 4.40. The van der Waals surface area contributed by atoms with Crippen molar-refractivity contribution in [2.75, 3.05) is 26.2 Å². The van der Waals surface area contributed by atoms with Gasteiger partial charge in [-0.15, -0.1) is 0 Å². The molecule has 0 unspecified atom stereocenters. The maximum Gasteiger partial charge on any atom is 0.236 e. The number of nitrogens with zero attached hydrogens (tertiary/aromatic N) is 3. The second-order valence-electron chi connectivity index (χ2n) is 7.35. The van der Waals surface area contributed by atoms with E-state index in [4.69, 9.17) is 5.73 Å². The van der Waals surface area contributed by atoms with Gasteiger partial charge in [0.25, 0.3) is 0 Å². The molecule has 1 saturated carbocycles. The first-order valence-corrected chi connectivity index (χ1v) is 9.07. The molecule has 25 heavy (non-hydrogen) atoms. The quantitative estimate of drug-likeness (QED) is 0.771. The van der Waals surface area contributed by atoms with Gasteiger partial charge in [-0.05, 0) is 50.0 Å². The van der Waals surface area contributed by atoms with E-state index in [1.807, 2.05) is 19.2 Å². The second-order valence-corrected chi connectivity index (χ2v) is 7.35. The smallest absolute Gasteiger partial charge is 0.236 e. The normalized spacial score (nSPS) is 26.2. The highest BCUT2D eigenvalue weighted by molar-refractivity contribution is 5.84. The van der Waals surface area contributed by atoms with Gasteiger partial charge in [0.1, 0.15) is 5.82 Å². The summed E-state index contributed by atoms with van der Waals surface area (Å²) in [6.07, 6.45) is 6.54. The number of primary amides is 1. The largest absolute Gasteiger partial charge is 0.368 e. The van der Waals surface area contributed by atoms with Crippen LogP contribution in [0.1, 0.15) is 30.8 Å². The van der Waals surface area contributed by atoms with Crippen molar-refractivity contribution in [1.29, 1.82) is 0 Å². The number of carbonyl (C=O) groups is 2. The van der Waals surface area contributed by atoms with E-state index in [1.54, 1.807) is 0 Å². The number of aromatic nitrogens is 2. The van der Waals surface area contributed by atoms with Crippen LogP contribution in [0.5, 0.6) is 0 Å². The lowest BCUT2D eigenvalue weighted by Crippen LogP contribution is -2.40. The Labute approximate surface area is 148 Å². The van der Waals surface area contributed by atoms with Crippen LogP contribution >= 0.6 is 0 Å². The molecule has 2 aliphatic rings. The Balaban J connectivity index is 1.56. The average molecular weight is 345 g/mol. The number of amides is 2. The molecule has 7 heteroatoms. The standard InChI is InChI=1S/C18H27N5O2/c1-12-20-6-5-15(22-12)7-13-3-2-4-14-9-23(10-16(13)14)11-18(25)21-8-17(19)24/h5-6,13-14,16H,2-4,7-11H2,1H3,(H2,19,24)(H,21,25)/t13-,14-,16-/m1/s1. The van der Waals surface area contributed by atoms with Crippen LogP contribution in [-0.4, -0.2) is 52.9 Å². The molecule has 3 atom stereocenters. The summed E-state index contributed by atoms with van der Waals surface area (Å²) in [5.41, 5.74) is 6.19. The number of rotatable bonds is 6. The van der Waals surface area contributed by atoms with Gasteiger partial charge in [-0.1, -0.05) is 6.42 Å². The number of nitrogens with one attached hydrogen (secondary N) is 1. The number of aryl methyl sites for hydroxylation is 1. The highest BCUT2D eigenvalue weighted by atomic mass is 16.2. The van der Waals surface area contributed by atoms with Gasteiger partial charge in [-0.25, -0.2) is 9.97 Å². The van der Waals surface area contributed by atoms with Gasteiger partial charge in [0, 0.05) is 25.0 Å². The first-order chi connectivity index (χ1) is 12.0. The molecule has 1 saturated heterocycles. The first-order valence-electron chi connectivity index (χ1n) is 9.07. The third kappa shape index (κ3) is 4.75. The van der Waals surface area contributed by atoms with Crippen LogP contribution in [0.4, 0.5) is 0 Å². The summed E-state index contributed by atoms with van der Waals surface area (Å²) in [5, 5.41) is 2.58. The van der Waals surface area contributed by atoms with Gasteiger partial charge < -0.3 is 11.1 Å². The highest BCUT2D eigenvalue weighted by Gasteiger charge is 2.40. The van der Waals surface area contributed by atoms with Crippen molar-refractivity contribution in [2.45, 2.75) is 32.6 Å². The third-order valence-electron chi connectivity index (χ3n) is 5.45. The van der Waals surface area contributed by atoms with Crippen molar-refractivity contribution in [3.05, 3.63) is 23.8 Å². The first kappa shape index (κ1) is 17.8. The topological polar surface area (TPSA) is 101 Å². The molecule has 0 radical (unpaired) electrons. The van der Waals surface area contributed by atoms with Gasteiger partial charge in [0.15, 0.2) is 0 Å². The van der Waals surface area contributed by atoms with Crippen molar-refractivity contribution in [3.8, 4) is 0 Å². The van der Waals surface area contributed by atoms with Crippen LogP contribution in [-0.2, 0) is 16.0 Å². The summed E-state index contributed by atoms with van der Waals surface area (Å²) in [7, 11) is 0. The molecule has 2 fully saturated rings. The molecule has 2 amide bonds. The van der Waals surface area contributed by atoms with Crippen LogP contribution < -0.4 is 11.1 Å². The van der Waals surface area contributed by atoms with Gasteiger partial charge in [-0.3, -0.25) is 14.5 Å². The lowest BCUT2D eigenvalue weighted by atomic mass is 9.72. The Hall–Kier alpha value is -2.02. The molecule has 136 valence electrons. The maximum atomic E-state index is 11.9. The number of hydrogen-bond acceptors (Lipinski definition) is 5. The molecule has 1 aliphatic heterocycles. The minimum absolute atomic E-state index is 0.0881. The third-order valence-corrected chi connectivity index (χ3v) is 5.45. The lowest BCUT2D eigenvalue weighted by molar-refractivity contribution is -0.125. The fourth-order valence-corrected chi connectivity index (χ4v) is 4.40. The summed E-state index contributed by atoms with van der Waals surface area (Å²) in [6, 6.07) is 2.01. The minimum atomic E-state index is -0.511. The minimum Gasteiger partial charge on any atom is -0.368 e. The van der Waals surface area contributed by atoms with Crippen molar-refractivity contribution < 1.29 is 9.59 Å². The zero-order chi connectivity index (χ0) is 17.8. The second kappa shape index (κ2) is 7.91. The van der Waals surface area contributed by atoms with E-state index in [0.717, 1.165) is 31.0 Å². The van der Waals surface area contributed by atoms with Crippen LogP contribution in [0.3, 0.4) is 0 Å². The number of nitrogens with two attached hydrogens (primary N) is 1. The molecule has 0 aromatic carbocycles. The highest BCUT2D eigenvalue weighted by Crippen LogP contribution is 2.41. The molecule has 7 nitrogen and oxygen atoms in total. The van der Waals surface area contributed by atoms with Crippen molar-refractivity contribution >= 4 is 11.8 Å². The average Bonchev–Trinajstić information content (AvgIpc) is 2.96. The summed E-state index contributed by atoms with van der Waals surface area (Å²) in [4.78, 5) is 33.7. The van der Waals surface area contributed by atoms with Gasteiger partial charge in [0.2, 0.25) is 11.8 Å². The fraction of sp³-hybridized carbons (Fsp3) is 0.667. The van der Waals surface area contributed by atoms with Crippen LogP contribution in [0, 0.1) is 24.7 Å². The molecule has 2 heterocycles. The number of hydrogen-bond donors (Lipinski definition) is 2. The maximum absolute atomic E-state index is 11.9. The molecular weight excluding hydrogens is 318 g/mol. The number of likely N-dealkylation sites (tertiary alicyclic amines) is 1. The molecule has 0 bridgehead atoms. The van der Waals surface area contributed by atoms with E-state index in [1.165, 1.54) is 19.3 Å². The SMILES string of the molecule is Cc1nccc(C[C@H]2CCC[C@@H]3CN(CC(=O)NCC(N)=O)C[C@H]23)n1. The Morgan fingerprint density at radius 2 is 2.20 bits per heavy atom. The Bertz CT molecular complexity index is 636. The van der Waals surface area contributed by atoms with Crippen LogP contribution in [0.2, 0.25) is 0 Å². The summed E-state index contributed by atoms with van der Waals surface area (Å²) >= 11 is 0. The Kier molecular flexibility index (Phi) is 5.63. The lowest BCUT2D eigenvalue weighted by Gasteiger charge is -2.33. The molecule has 1 aromatic rings. The zero-order valence-corrected chi connectivity index (χ0v) is 14.8. The van der Waals surface area contributed by atoms with E-state index in [-0.39, 0.29) is 12.5 Å². The van der Waals surface area contributed by atoms with E-state index in [9.17, 15) is 9.59 Å². The van der Waals surface area contributed by atoms with Gasteiger partial charge in [0.05, 0.1) is 13.1 Å². The molecule has 0 spiro atoms. The predicted octanol–water partition coefficient (Wildman–Crippen LogP) is 0.277. The van der Waals surface area contributed by atoms with Crippen molar-refractivity contribution in [1.82, 2.24) is 20.2 Å². The Morgan fingerprint density at radius 3 is 2.96 bits per heavy atom. The van der Waals surface area contributed by atoms with Crippen molar-refractivity contribution in [2.24, 2.45) is 23.5 Å². The van der Waals surface area contributed by atoms with Crippen molar-refractivity contribution in [3.63, 3.8) is 0 Å². The van der Waals surface area contributed by atoms with Gasteiger partial charge >= 0.3 is 0 Å². The van der Waals surface area contributed by atoms with E-state index in [0.29, 0.717) is 24.3 Å². The van der Waals surface area contributed by atoms with Crippen LogP contribution in [0.15, 0.2) is 12.3 Å². The Morgan fingerprint density at radius 1 is 1.36 bits per heavy atom. The predicted molar refractivity (Wildman–Crippen MR) is 93.4 cm³/mol. The molecular formula is C18H27N5O2. The summed E-state index contributed by atoms with van der Waals surface area (Å²) in [6.45, 7) is 4.10. The summed E-state index contributed by atoms with van der Waals surface area (Å²) in [5.74, 6) is 2.08. The van der Waals surface area contributed by atoms with E-state index >= 15 is 0 Å². The number of fused-ring (bicyclic) bond motifs is 1. The summed E-state index contributed by atoms with van der Waals surface area (Å²) < 4.78 is 0. The zero-order valence-electron chi connectivity index (χ0n) is 14.8.